The minimum Gasteiger partial charge on any atom is -0.506 e. The standard InChI is InChI=1S/C22H28ClN3O2/c1-15(2)26-12-10-16(11-13-26)14-24-21-19(4-3-5-20(21)27)22(28)25-18-8-6-17(23)7-9-18/h3-9,15-16,24,27H,10-14H2,1-2H3,(H,25,28). The van der Waals surface area contributed by atoms with Crippen LogP contribution in [0.15, 0.2) is 42.5 Å². The van der Waals surface area contributed by atoms with Crippen molar-refractivity contribution in [3.8, 4) is 5.75 Å². The summed E-state index contributed by atoms with van der Waals surface area (Å²) in [7, 11) is 0. The van der Waals surface area contributed by atoms with Gasteiger partial charge in [-0.3, -0.25) is 4.79 Å². The Morgan fingerprint density at radius 3 is 2.50 bits per heavy atom. The van der Waals surface area contributed by atoms with E-state index in [0.29, 0.717) is 33.9 Å². The van der Waals surface area contributed by atoms with Crippen molar-refractivity contribution in [2.24, 2.45) is 5.92 Å². The summed E-state index contributed by atoms with van der Waals surface area (Å²) in [6.07, 6.45) is 2.23. The highest BCUT2D eigenvalue weighted by atomic mass is 35.5. The van der Waals surface area contributed by atoms with Crippen molar-refractivity contribution in [1.29, 1.82) is 0 Å². The van der Waals surface area contributed by atoms with E-state index < -0.39 is 0 Å². The first-order valence-electron chi connectivity index (χ1n) is 9.81. The summed E-state index contributed by atoms with van der Waals surface area (Å²) in [5, 5.41) is 17.1. The van der Waals surface area contributed by atoms with Crippen molar-refractivity contribution in [2.75, 3.05) is 30.3 Å². The van der Waals surface area contributed by atoms with Gasteiger partial charge in [-0.05, 0) is 82.1 Å². The number of halogens is 1. The molecule has 3 N–H and O–H groups in total. The van der Waals surface area contributed by atoms with E-state index in [1.807, 2.05) is 0 Å². The van der Waals surface area contributed by atoms with E-state index in [1.54, 1.807) is 42.5 Å². The molecule has 1 saturated heterocycles. The maximum atomic E-state index is 12.7. The first-order valence-corrected chi connectivity index (χ1v) is 10.2. The van der Waals surface area contributed by atoms with Crippen LogP contribution < -0.4 is 10.6 Å². The summed E-state index contributed by atoms with van der Waals surface area (Å²) in [5.74, 6) is 0.348. The van der Waals surface area contributed by atoms with Gasteiger partial charge in [0.2, 0.25) is 0 Å². The monoisotopic (exact) mass is 401 g/mol. The van der Waals surface area contributed by atoms with Crippen LogP contribution in [0, 0.1) is 5.92 Å². The number of nitrogens with one attached hydrogen (secondary N) is 2. The highest BCUT2D eigenvalue weighted by Crippen LogP contribution is 2.29. The van der Waals surface area contributed by atoms with Crippen molar-refractivity contribution < 1.29 is 9.90 Å². The Morgan fingerprint density at radius 2 is 1.86 bits per heavy atom. The van der Waals surface area contributed by atoms with E-state index in [-0.39, 0.29) is 11.7 Å². The number of carbonyl (C=O) groups is 1. The molecule has 0 aliphatic carbocycles. The predicted molar refractivity (Wildman–Crippen MR) is 115 cm³/mol. The predicted octanol–water partition coefficient (Wildman–Crippen LogP) is 4.83. The number of aromatic hydroxyl groups is 1. The molecule has 0 aromatic heterocycles. The van der Waals surface area contributed by atoms with Crippen molar-refractivity contribution in [3.63, 3.8) is 0 Å². The van der Waals surface area contributed by atoms with Crippen LogP contribution in [0.4, 0.5) is 11.4 Å². The normalized spacial score (nSPS) is 15.6. The molecule has 1 aliphatic heterocycles. The van der Waals surface area contributed by atoms with Crippen LogP contribution in [0.5, 0.6) is 5.75 Å². The number of hydrogen-bond acceptors (Lipinski definition) is 4. The Bertz CT molecular complexity index is 800. The number of carbonyl (C=O) groups excluding carboxylic acids is 1. The molecule has 5 nitrogen and oxygen atoms in total. The van der Waals surface area contributed by atoms with Gasteiger partial charge in [-0.1, -0.05) is 17.7 Å². The molecule has 1 heterocycles. The lowest BCUT2D eigenvalue weighted by atomic mass is 9.95. The molecule has 6 heteroatoms. The van der Waals surface area contributed by atoms with E-state index in [9.17, 15) is 9.90 Å². The topological polar surface area (TPSA) is 64.6 Å². The summed E-state index contributed by atoms with van der Waals surface area (Å²) >= 11 is 5.89. The van der Waals surface area contributed by atoms with Gasteiger partial charge in [-0.25, -0.2) is 0 Å². The van der Waals surface area contributed by atoms with Gasteiger partial charge in [0.15, 0.2) is 0 Å². The third kappa shape index (κ3) is 5.18. The summed E-state index contributed by atoms with van der Waals surface area (Å²) in [5.41, 5.74) is 1.57. The molecule has 1 aliphatic rings. The number of amides is 1. The van der Waals surface area contributed by atoms with Gasteiger partial charge in [0.1, 0.15) is 5.75 Å². The van der Waals surface area contributed by atoms with Gasteiger partial charge in [0, 0.05) is 23.3 Å². The number of likely N-dealkylation sites (tertiary alicyclic amines) is 1. The zero-order valence-electron chi connectivity index (χ0n) is 16.4. The van der Waals surface area contributed by atoms with E-state index in [4.69, 9.17) is 11.6 Å². The van der Waals surface area contributed by atoms with Crippen LogP contribution in [0.3, 0.4) is 0 Å². The van der Waals surface area contributed by atoms with Crippen molar-refractivity contribution >= 4 is 28.9 Å². The van der Waals surface area contributed by atoms with E-state index in [2.05, 4.69) is 29.4 Å². The largest absolute Gasteiger partial charge is 0.506 e. The van der Waals surface area contributed by atoms with Crippen LogP contribution in [-0.2, 0) is 0 Å². The number of benzene rings is 2. The minimum absolute atomic E-state index is 0.0865. The number of phenolic OH excluding ortho intramolecular Hbond substituents is 1. The fourth-order valence-corrected chi connectivity index (χ4v) is 3.69. The Balaban J connectivity index is 1.65. The Labute approximate surface area is 171 Å². The van der Waals surface area contributed by atoms with Crippen LogP contribution in [0.2, 0.25) is 5.02 Å². The van der Waals surface area contributed by atoms with Crippen LogP contribution in [0.25, 0.3) is 0 Å². The number of hydrogen-bond donors (Lipinski definition) is 3. The molecule has 1 amide bonds. The third-order valence-corrected chi connectivity index (χ3v) is 5.59. The fourth-order valence-electron chi connectivity index (χ4n) is 3.57. The average Bonchev–Trinajstić information content (AvgIpc) is 2.69. The number of rotatable bonds is 6. The first-order chi connectivity index (χ1) is 13.4. The number of nitrogens with zero attached hydrogens (tertiary/aromatic N) is 1. The summed E-state index contributed by atoms with van der Waals surface area (Å²) < 4.78 is 0. The lowest BCUT2D eigenvalue weighted by Gasteiger charge is -2.34. The molecule has 0 atom stereocenters. The molecular formula is C22H28ClN3O2. The molecule has 0 radical (unpaired) electrons. The smallest absolute Gasteiger partial charge is 0.257 e. The quantitative estimate of drug-likeness (QED) is 0.606. The molecule has 0 spiro atoms. The van der Waals surface area contributed by atoms with Gasteiger partial charge in [0.25, 0.3) is 5.91 Å². The highest BCUT2D eigenvalue weighted by Gasteiger charge is 2.22. The second-order valence-electron chi connectivity index (χ2n) is 7.61. The number of anilines is 2. The van der Waals surface area contributed by atoms with Crippen molar-refractivity contribution in [1.82, 2.24) is 4.90 Å². The van der Waals surface area contributed by atoms with Gasteiger partial charge >= 0.3 is 0 Å². The van der Waals surface area contributed by atoms with Crippen molar-refractivity contribution in [3.05, 3.63) is 53.1 Å². The number of para-hydroxylation sites is 1. The zero-order chi connectivity index (χ0) is 20.1. The van der Waals surface area contributed by atoms with Gasteiger partial charge < -0.3 is 20.6 Å². The molecule has 28 heavy (non-hydrogen) atoms. The van der Waals surface area contributed by atoms with Gasteiger partial charge in [0.05, 0.1) is 11.3 Å². The second kappa shape index (κ2) is 9.30. The lowest BCUT2D eigenvalue weighted by Crippen LogP contribution is -2.39. The van der Waals surface area contributed by atoms with Crippen molar-refractivity contribution in [2.45, 2.75) is 32.7 Å². The molecule has 2 aromatic carbocycles. The molecule has 150 valence electrons. The summed E-state index contributed by atoms with van der Waals surface area (Å²) in [6.45, 7) is 7.38. The molecule has 0 bridgehead atoms. The fraction of sp³-hybridized carbons (Fsp3) is 0.409. The molecule has 1 fully saturated rings. The van der Waals surface area contributed by atoms with E-state index >= 15 is 0 Å². The SMILES string of the molecule is CC(C)N1CCC(CNc2c(O)cccc2C(=O)Nc2ccc(Cl)cc2)CC1. The molecule has 0 saturated carbocycles. The lowest BCUT2D eigenvalue weighted by molar-refractivity contribution is 0.102. The van der Waals surface area contributed by atoms with Gasteiger partial charge in [-0.15, -0.1) is 0 Å². The number of phenols is 1. The second-order valence-corrected chi connectivity index (χ2v) is 8.05. The van der Waals surface area contributed by atoms with Gasteiger partial charge in [-0.2, -0.15) is 0 Å². The van der Waals surface area contributed by atoms with Crippen LogP contribution in [-0.4, -0.2) is 41.6 Å². The summed E-state index contributed by atoms with van der Waals surface area (Å²) in [6, 6.07) is 12.5. The molecule has 2 aromatic rings. The van der Waals surface area contributed by atoms with E-state index in [0.717, 1.165) is 32.5 Å². The maximum Gasteiger partial charge on any atom is 0.257 e. The van der Waals surface area contributed by atoms with E-state index in [1.165, 1.54) is 0 Å². The maximum absolute atomic E-state index is 12.7. The zero-order valence-corrected chi connectivity index (χ0v) is 17.2. The minimum atomic E-state index is -0.268. The highest BCUT2D eigenvalue weighted by molar-refractivity contribution is 6.30. The number of piperidine rings is 1. The molecule has 0 unspecified atom stereocenters. The Hall–Kier alpha value is -2.24. The molecule has 3 rings (SSSR count). The summed E-state index contributed by atoms with van der Waals surface area (Å²) in [4.78, 5) is 15.2. The Kier molecular flexibility index (Phi) is 6.81. The average molecular weight is 402 g/mol. The third-order valence-electron chi connectivity index (χ3n) is 5.34. The molecular weight excluding hydrogens is 374 g/mol. The van der Waals surface area contributed by atoms with Crippen LogP contribution >= 0.6 is 11.6 Å². The van der Waals surface area contributed by atoms with Crippen LogP contribution in [0.1, 0.15) is 37.0 Å². The Morgan fingerprint density at radius 1 is 1.18 bits per heavy atom. The first kappa shape index (κ1) is 20.5.